The van der Waals surface area contributed by atoms with Gasteiger partial charge in [-0.2, -0.15) is 4.31 Å². The quantitative estimate of drug-likeness (QED) is 0.635. The number of rotatable bonds is 4. The summed E-state index contributed by atoms with van der Waals surface area (Å²) >= 11 is 2.15. The van der Waals surface area contributed by atoms with Gasteiger partial charge < -0.3 is 5.32 Å². The van der Waals surface area contributed by atoms with Gasteiger partial charge in [-0.3, -0.25) is 4.79 Å². The molecule has 0 aromatic heterocycles. The molecule has 0 aliphatic carbocycles. The Hall–Kier alpha value is -1.45. The second kappa shape index (κ2) is 8.70. The van der Waals surface area contributed by atoms with Gasteiger partial charge in [0.15, 0.2) is 0 Å². The van der Waals surface area contributed by atoms with Gasteiger partial charge in [0.25, 0.3) is 5.91 Å². The fourth-order valence-corrected chi connectivity index (χ4v) is 5.52. The number of halogens is 1. The molecule has 0 atom stereocenters. The maximum Gasteiger partial charge on any atom is 0.255 e. The first kappa shape index (κ1) is 20.3. The zero-order chi connectivity index (χ0) is 19.4. The molecule has 27 heavy (non-hydrogen) atoms. The highest BCUT2D eigenvalue weighted by molar-refractivity contribution is 14.1. The molecule has 0 unspecified atom stereocenters. The third-order valence-electron chi connectivity index (χ3n) is 4.72. The maximum atomic E-state index is 13.1. The summed E-state index contributed by atoms with van der Waals surface area (Å²) in [6.45, 7) is 2.90. The number of carbonyl (C=O) groups is 1. The number of anilines is 1. The Morgan fingerprint density at radius 1 is 1.04 bits per heavy atom. The van der Waals surface area contributed by atoms with E-state index >= 15 is 0 Å². The summed E-state index contributed by atoms with van der Waals surface area (Å²) in [4.78, 5) is 12.8. The summed E-state index contributed by atoms with van der Waals surface area (Å²) in [5.41, 5.74) is 1.71. The average Bonchev–Trinajstić information content (AvgIpc) is 2.93. The predicted molar refractivity (Wildman–Crippen MR) is 116 cm³/mol. The van der Waals surface area contributed by atoms with Gasteiger partial charge in [0.05, 0.1) is 4.90 Å². The van der Waals surface area contributed by atoms with Crippen LogP contribution in [0.5, 0.6) is 0 Å². The van der Waals surface area contributed by atoms with E-state index in [1.165, 1.54) is 0 Å². The lowest BCUT2D eigenvalue weighted by molar-refractivity contribution is 0.102. The van der Waals surface area contributed by atoms with E-state index in [2.05, 4.69) is 27.9 Å². The van der Waals surface area contributed by atoms with Crippen molar-refractivity contribution < 1.29 is 13.2 Å². The highest BCUT2D eigenvalue weighted by atomic mass is 127. The molecule has 7 heteroatoms. The highest BCUT2D eigenvalue weighted by Crippen LogP contribution is 2.26. The molecule has 2 aromatic carbocycles. The van der Waals surface area contributed by atoms with Crippen molar-refractivity contribution in [3.05, 3.63) is 57.2 Å². The Kier molecular flexibility index (Phi) is 6.54. The van der Waals surface area contributed by atoms with Crippen LogP contribution in [0.15, 0.2) is 47.4 Å². The van der Waals surface area contributed by atoms with E-state index in [4.69, 9.17) is 0 Å². The lowest BCUT2D eigenvalue weighted by Crippen LogP contribution is -2.32. The highest BCUT2D eigenvalue weighted by Gasteiger charge is 2.27. The first-order valence-corrected chi connectivity index (χ1v) is 11.6. The van der Waals surface area contributed by atoms with Gasteiger partial charge in [-0.05, 0) is 78.3 Å². The molecular formula is C20H23IN2O3S. The summed E-state index contributed by atoms with van der Waals surface area (Å²) in [6.07, 6.45) is 3.91. The van der Waals surface area contributed by atoms with Crippen LogP contribution >= 0.6 is 22.6 Å². The van der Waals surface area contributed by atoms with Gasteiger partial charge in [-0.25, -0.2) is 8.42 Å². The molecule has 1 saturated heterocycles. The minimum absolute atomic E-state index is 0.254. The Morgan fingerprint density at radius 2 is 1.74 bits per heavy atom. The number of amides is 1. The number of sulfonamides is 1. The van der Waals surface area contributed by atoms with E-state index in [0.717, 1.165) is 29.3 Å². The van der Waals surface area contributed by atoms with Crippen molar-refractivity contribution in [1.29, 1.82) is 0 Å². The third-order valence-corrected chi connectivity index (χ3v) is 7.43. The molecule has 1 aliphatic heterocycles. The topological polar surface area (TPSA) is 66.5 Å². The van der Waals surface area contributed by atoms with Crippen LogP contribution in [0.2, 0.25) is 0 Å². The molecule has 5 nitrogen and oxygen atoms in total. The molecule has 3 rings (SSSR count). The molecule has 0 bridgehead atoms. The van der Waals surface area contributed by atoms with Crippen LogP contribution in [0.1, 0.15) is 41.6 Å². The van der Waals surface area contributed by atoms with E-state index in [-0.39, 0.29) is 10.8 Å². The molecule has 1 aliphatic rings. The largest absolute Gasteiger partial charge is 0.322 e. The van der Waals surface area contributed by atoms with Gasteiger partial charge in [0.2, 0.25) is 10.0 Å². The van der Waals surface area contributed by atoms with Crippen molar-refractivity contribution in [1.82, 2.24) is 4.31 Å². The number of hydrogen-bond acceptors (Lipinski definition) is 3. The fraction of sp³-hybridized carbons (Fsp3) is 0.350. The Labute approximate surface area is 174 Å². The standard InChI is InChI=1S/C20H23IN2O3S/c1-15-9-10-18(22-20(24)16-7-6-8-17(21)13-16)14-19(15)27(25,26)23-11-4-2-3-5-12-23/h6-10,13-14H,2-5,11-12H2,1H3,(H,22,24). The number of aryl methyl sites for hydroxylation is 1. The first-order valence-electron chi connectivity index (χ1n) is 9.05. The zero-order valence-electron chi connectivity index (χ0n) is 15.2. The molecule has 1 amide bonds. The van der Waals surface area contributed by atoms with Gasteiger partial charge in [0, 0.05) is 27.9 Å². The molecule has 0 spiro atoms. The number of hydrogen-bond donors (Lipinski definition) is 1. The number of nitrogens with zero attached hydrogens (tertiary/aromatic N) is 1. The van der Waals surface area contributed by atoms with Crippen molar-refractivity contribution in [2.24, 2.45) is 0 Å². The van der Waals surface area contributed by atoms with Crippen molar-refractivity contribution in [3.63, 3.8) is 0 Å². The molecular weight excluding hydrogens is 475 g/mol. The number of nitrogens with one attached hydrogen (secondary N) is 1. The maximum absolute atomic E-state index is 13.1. The lowest BCUT2D eigenvalue weighted by Gasteiger charge is -2.21. The Balaban J connectivity index is 1.86. The van der Waals surface area contributed by atoms with E-state index < -0.39 is 10.0 Å². The molecule has 2 aromatic rings. The van der Waals surface area contributed by atoms with E-state index in [0.29, 0.717) is 29.9 Å². The molecule has 0 radical (unpaired) electrons. The van der Waals surface area contributed by atoms with Crippen molar-refractivity contribution in [2.75, 3.05) is 18.4 Å². The average molecular weight is 498 g/mol. The minimum Gasteiger partial charge on any atom is -0.322 e. The lowest BCUT2D eigenvalue weighted by atomic mass is 10.2. The number of benzene rings is 2. The summed E-state index contributed by atoms with van der Waals surface area (Å²) in [5, 5.41) is 2.82. The molecule has 0 saturated carbocycles. The molecule has 1 N–H and O–H groups in total. The van der Waals surface area contributed by atoms with Crippen molar-refractivity contribution in [3.8, 4) is 0 Å². The van der Waals surface area contributed by atoms with Gasteiger partial charge in [0.1, 0.15) is 0 Å². The van der Waals surface area contributed by atoms with Crippen molar-refractivity contribution >= 4 is 44.2 Å². The van der Waals surface area contributed by atoms with Crippen molar-refractivity contribution in [2.45, 2.75) is 37.5 Å². The van der Waals surface area contributed by atoms with E-state index in [9.17, 15) is 13.2 Å². The fourth-order valence-electron chi connectivity index (χ4n) is 3.21. The third kappa shape index (κ3) is 4.89. The normalized spacial score (nSPS) is 15.9. The number of carbonyl (C=O) groups excluding carboxylic acids is 1. The molecule has 1 fully saturated rings. The second-order valence-corrected chi connectivity index (χ2v) is 9.92. The summed E-state index contributed by atoms with van der Waals surface area (Å²) in [7, 11) is -3.56. The van der Waals surface area contributed by atoms with Crippen LogP contribution in [0.4, 0.5) is 5.69 Å². The summed E-state index contributed by atoms with van der Waals surface area (Å²) in [6, 6.07) is 12.3. The van der Waals surface area contributed by atoms with Gasteiger partial charge in [-0.15, -0.1) is 0 Å². The van der Waals surface area contributed by atoms with E-state index in [1.807, 2.05) is 12.1 Å². The smallest absolute Gasteiger partial charge is 0.255 e. The van der Waals surface area contributed by atoms with Crippen LogP contribution in [-0.2, 0) is 10.0 Å². The first-order chi connectivity index (χ1) is 12.9. The molecule has 1 heterocycles. The van der Waals surface area contributed by atoms with E-state index in [1.54, 1.807) is 41.6 Å². The van der Waals surface area contributed by atoms with Crippen LogP contribution < -0.4 is 5.32 Å². The van der Waals surface area contributed by atoms with Crippen LogP contribution in [-0.4, -0.2) is 31.7 Å². The van der Waals surface area contributed by atoms with Gasteiger partial charge >= 0.3 is 0 Å². The van der Waals surface area contributed by atoms with Crippen LogP contribution in [0, 0.1) is 10.5 Å². The second-order valence-electron chi connectivity index (χ2n) is 6.76. The Bertz CT molecular complexity index is 936. The predicted octanol–water partition coefficient (Wildman–Crippen LogP) is 4.42. The van der Waals surface area contributed by atoms with Crippen LogP contribution in [0.25, 0.3) is 0 Å². The van der Waals surface area contributed by atoms with Crippen LogP contribution in [0.3, 0.4) is 0 Å². The summed E-state index contributed by atoms with van der Waals surface area (Å²) < 4.78 is 28.8. The molecule has 144 valence electrons. The Morgan fingerprint density at radius 3 is 2.41 bits per heavy atom. The van der Waals surface area contributed by atoms with Gasteiger partial charge in [-0.1, -0.05) is 25.0 Å². The summed E-state index contributed by atoms with van der Waals surface area (Å²) in [5.74, 6) is -0.254. The zero-order valence-corrected chi connectivity index (χ0v) is 18.2. The SMILES string of the molecule is Cc1ccc(NC(=O)c2cccc(I)c2)cc1S(=O)(=O)N1CCCCCC1. The minimum atomic E-state index is -3.56. The monoisotopic (exact) mass is 498 g/mol.